The standard InChI is InChI=1S/C15H14N2O2/c1-2-19-15(18)12(10-16)9-13-8-7-11-5-3-4-6-14(11)17-13/h3-8,12H,2,9H2,1H3/t12-/m1/s1. The zero-order valence-corrected chi connectivity index (χ0v) is 10.7. The highest BCUT2D eigenvalue weighted by Crippen LogP contribution is 2.14. The maximum Gasteiger partial charge on any atom is 0.323 e. The van der Waals surface area contributed by atoms with Gasteiger partial charge in [-0.05, 0) is 19.1 Å². The van der Waals surface area contributed by atoms with Gasteiger partial charge in [0.05, 0.1) is 18.2 Å². The van der Waals surface area contributed by atoms with E-state index in [1.54, 1.807) is 6.92 Å². The third-order valence-electron chi connectivity index (χ3n) is 2.80. The first-order chi connectivity index (χ1) is 9.24. The van der Waals surface area contributed by atoms with E-state index >= 15 is 0 Å². The number of esters is 1. The molecule has 1 atom stereocenters. The Morgan fingerprint density at radius 1 is 1.37 bits per heavy atom. The lowest BCUT2D eigenvalue weighted by atomic mass is 10.0. The van der Waals surface area contributed by atoms with E-state index in [-0.39, 0.29) is 13.0 Å². The fraction of sp³-hybridized carbons (Fsp3) is 0.267. The van der Waals surface area contributed by atoms with Gasteiger partial charge in [-0.25, -0.2) is 0 Å². The quantitative estimate of drug-likeness (QED) is 0.786. The number of fused-ring (bicyclic) bond motifs is 1. The van der Waals surface area contributed by atoms with Crippen LogP contribution in [0.4, 0.5) is 0 Å². The Labute approximate surface area is 111 Å². The summed E-state index contributed by atoms with van der Waals surface area (Å²) in [6.45, 7) is 2.00. The van der Waals surface area contributed by atoms with Crippen molar-refractivity contribution in [2.45, 2.75) is 13.3 Å². The second kappa shape index (κ2) is 5.96. The van der Waals surface area contributed by atoms with Crippen molar-refractivity contribution in [1.82, 2.24) is 4.98 Å². The number of rotatable bonds is 4. The van der Waals surface area contributed by atoms with Crippen LogP contribution in [0, 0.1) is 17.2 Å². The lowest BCUT2D eigenvalue weighted by Crippen LogP contribution is -2.18. The number of nitriles is 1. The van der Waals surface area contributed by atoms with Gasteiger partial charge in [-0.2, -0.15) is 5.26 Å². The zero-order chi connectivity index (χ0) is 13.7. The van der Waals surface area contributed by atoms with Crippen molar-refractivity contribution < 1.29 is 9.53 Å². The number of carbonyl (C=O) groups excluding carboxylic acids is 1. The zero-order valence-electron chi connectivity index (χ0n) is 10.7. The number of pyridine rings is 1. The van der Waals surface area contributed by atoms with Crippen molar-refractivity contribution in [2.24, 2.45) is 5.92 Å². The van der Waals surface area contributed by atoms with Crippen molar-refractivity contribution in [3.05, 3.63) is 42.1 Å². The normalized spacial score (nSPS) is 11.8. The van der Waals surface area contributed by atoms with Gasteiger partial charge in [0, 0.05) is 17.5 Å². The minimum absolute atomic E-state index is 0.278. The fourth-order valence-electron chi connectivity index (χ4n) is 1.86. The number of para-hydroxylation sites is 1. The Balaban J connectivity index is 2.20. The molecule has 0 unspecified atom stereocenters. The molecule has 0 N–H and O–H groups in total. The number of aromatic nitrogens is 1. The summed E-state index contributed by atoms with van der Waals surface area (Å²) in [6.07, 6.45) is 0.278. The highest BCUT2D eigenvalue weighted by atomic mass is 16.5. The predicted octanol–water partition coefficient (Wildman–Crippen LogP) is 2.48. The highest BCUT2D eigenvalue weighted by Gasteiger charge is 2.20. The Morgan fingerprint density at radius 2 is 2.16 bits per heavy atom. The van der Waals surface area contributed by atoms with E-state index in [2.05, 4.69) is 4.98 Å². The average molecular weight is 254 g/mol. The summed E-state index contributed by atoms with van der Waals surface area (Å²) in [5, 5.41) is 10.1. The maximum absolute atomic E-state index is 11.6. The Morgan fingerprint density at radius 3 is 2.89 bits per heavy atom. The Kier molecular flexibility index (Phi) is 4.09. The molecule has 0 spiro atoms. The monoisotopic (exact) mass is 254 g/mol. The minimum Gasteiger partial charge on any atom is -0.465 e. The van der Waals surface area contributed by atoms with Crippen LogP contribution in [0.25, 0.3) is 10.9 Å². The number of ether oxygens (including phenoxy) is 1. The summed E-state index contributed by atoms with van der Waals surface area (Å²) >= 11 is 0. The molecule has 2 aromatic rings. The summed E-state index contributed by atoms with van der Waals surface area (Å²) in [6, 6.07) is 13.5. The van der Waals surface area contributed by atoms with Crippen LogP contribution in [-0.4, -0.2) is 17.6 Å². The summed E-state index contributed by atoms with van der Waals surface area (Å²) in [4.78, 5) is 16.0. The largest absolute Gasteiger partial charge is 0.465 e. The summed E-state index contributed by atoms with van der Waals surface area (Å²) in [5.41, 5.74) is 1.58. The van der Waals surface area contributed by atoms with Crippen LogP contribution in [0.2, 0.25) is 0 Å². The molecule has 0 fully saturated rings. The molecule has 0 aliphatic rings. The molecule has 96 valence electrons. The van der Waals surface area contributed by atoms with Gasteiger partial charge in [-0.1, -0.05) is 24.3 Å². The number of carbonyl (C=O) groups is 1. The molecule has 1 aromatic heterocycles. The van der Waals surface area contributed by atoms with Crippen molar-refractivity contribution in [3.8, 4) is 6.07 Å². The minimum atomic E-state index is -0.798. The first kappa shape index (κ1) is 13.0. The smallest absolute Gasteiger partial charge is 0.323 e. The molecular weight excluding hydrogens is 240 g/mol. The lowest BCUT2D eigenvalue weighted by Gasteiger charge is -2.08. The number of hydrogen-bond donors (Lipinski definition) is 0. The van der Waals surface area contributed by atoms with Gasteiger partial charge < -0.3 is 4.74 Å². The van der Waals surface area contributed by atoms with Gasteiger partial charge in [0.25, 0.3) is 0 Å². The van der Waals surface area contributed by atoms with Gasteiger partial charge in [0.1, 0.15) is 5.92 Å². The fourth-order valence-corrected chi connectivity index (χ4v) is 1.86. The van der Waals surface area contributed by atoms with Gasteiger partial charge in [-0.3, -0.25) is 9.78 Å². The van der Waals surface area contributed by atoms with Crippen LogP contribution in [-0.2, 0) is 16.0 Å². The Bertz CT molecular complexity index is 631. The second-order valence-electron chi connectivity index (χ2n) is 4.13. The molecule has 0 bridgehead atoms. The van der Waals surface area contributed by atoms with Crippen molar-refractivity contribution in [1.29, 1.82) is 5.26 Å². The molecule has 1 aromatic carbocycles. The van der Waals surface area contributed by atoms with Crippen LogP contribution >= 0.6 is 0 Å². The predicted molar refractivity (Wildman–Crippen MR) is 71.2 cm³/mol. The second-order valence-corrected chi connectivity index (χ2v) is 4.13. The molecule has 0 radical (unpaired) electrons. The molecule has 1 heterocycles. The lowest BCUT2D eigenvalue weighted by molar-refractivity contribution is -0.145. The van der Waals surface area contributed by atoms with E-state index in [9.17, 15) is 4.79 Å². The van der Waals surface area contributed by atoms with Crippen LogP contribution in [0.1, 0.15) is 12.6 Å². The Hall–Kier alpha value is -2.41. The van der Waals surface area contributed by atoms with Crippen molar-refractivity contribution in [2.75, 3.05) is 6.61 Å². The first-order valence-corrected chi connectivity index (χ1v) is 6.15. The van der Waals surface area contributed by atoms with Crippen LogP contribution in [0.3, 0.4) is 0 Å². The summed E-state index contributed by atoms with van der Waals surface area (Å²) < 4.78 is 4.87. The molecule has 2 rings (SSSR count). The number of nitrogens with zero attached hydrogens (tertiary/aromatic N) is 2. The van der Waals surface area contributed by atoms with E-state index in [1.807, 2.05) is 42.5 Å². The topological polar surface area (TPSA) is 63.0 Å². The van der Waals surface area contributed by atoms with Crippen LogP contribution in [0.15, 0.2) is 36.4 Å². The molecule has 4 nitrogen and oxygen atoms in total. The third kappa shape index (κ3) is 3.08. The van der Waals surface area contributed by atoms with Gasteiger partial charge >= 0.3 is 5.97 Å². The summed E-state index contributed by atoms with van der Waals surface area (Å²) in [7, 11) is 0. The highest BCUT2D eigenvalue weighted by molar-refractivity contribution is 5.79. The molecule has 0 amide bonds. The van der Waals surface area contributed by atoms with E-state index in [4.69, 9.17) is 10.00 Å². The molecule has 0 aliphatic heterocycles. The molecule has 4 heteroatoms. The van der Waals surface area contributed by atoms with Gasteiger partial charge in [0.15, 0.2) is 0 Å². The van der Waals surface area contributed by atoms with E-state index in [1.165, 1.54) is 0 Å². The van der Waals surface area contributed by atoms with Crippen LogP contribution < -0.4 is 0 Å². The van der Waals surface area contributed by atoms with Crippen LogP contribution in [0.5, 0.6) is 0 Å². The third-order valence-corrected chi connectivity index (χ3v) is 2.80. The maximum atomic E-state index is 11.6. The SMILES string of the molecule is CCOC(=O)[C@@H](C#N)Cc1ccc2ccccc2n1. The molecule has 0 aliphatic carbocycles. The molecular formula is C15H14N2O2. The molecule has 0 saturated carbocycles. The van der Waals surface area contributed by atoms with Gasteiger partial charge in [0.2, 0.25) is 0 Å². The molecule has 0 saturated heterocycles. The van der Waals surface area contributed by atoms with E-state index < -0.39 is 11.9 Å². The van der Waals surface area contributed by atoms with E-state index in [0.29, 0.717) is 0 Å². The number of hydrogen-bond acceptors (Lipinski definition) is 4. The molecule has 19 heavy (non-hydrogen) atoms. The summed E-state index contributed by atoms with van der Waals surface area (Å²) in [5.74, 6) is -1.28. The van der Waals surface area contributed by atoms with Gasteiger partial charge in [-0.15, -0.1) is 0 Å². The van der Waals surface area contributed by atoms with Crippen molar-refractivity contribution >= 4 is 16.9 Å². The number of benzene rings is 1. The van der Waals surface area contributed by atoms with E-state index in [0.717, 1.165) is 16.6 Å². The van der Waals surface area contributed by atoms with Crippen molar-refractivity contribution in [3.63, 3.8) is 0 Å². The average Bonchev–Trinajstić information content (AvgIpc) is 2.44. The first-order valence-electron chi connectivity index (χ1n) is 6.15.